The zero-order chi connectivity index (χ0) is 13.0. The molecule has 92 valence electrons. The molecule has 0 radical (unpaired) electrons. The minimum atomic E-state index is -0.420. The third-order valence-corrected chi connectivity index (χ3v) is 2.24. The number of nitrogens with zero attached hydrogens (tertiary/aromatic N) is 2. The van der Waals surface area contributed by atoms with E-state index >= 15 is 0 Å². The summed E-state index contributed by atoms with van der Waals surface area (Å²) in [6.45, 7) is 0. The van der Waals surface area contributed by atoms with Crippen LogP contribution in [-0.4, -0.2) is 30.9 Å². The molecule has 0 saturated carbocycles. The Kier molecular flexibility index (Phi) is 3.57. The molecule has 0 saturated heterocycles. The first-order valence-electron chi connectivity index (χ1n) is 5.57. The number of rotatable bonds is 3. The van der Waals surface area contributed by atoms with Crippen LogP contribution in [0, 0.1) is 0 Å². The Hall–Kier alpha value is -2.36. The molecule has 0 N–H and O–H groups in total. The summed E-state index contributed by atoms with van der Waals surface area (Å²) in [5.41, 5.74) is 1.34. The van der Waals surface area contributed by atoms with Crippen LogP contribution in [0.5, 0.6) is 0 Å². The highest BCUT2D eigenvalue weighted by molar-refractivity contribution is 6.09. The minimum absolute atomic E-state index is 0.313. The van der Waals surface area contributed by atoms with Crippen molar-refractivity contribution in [3.05, 3.63) is 53.9 Å². The summed E-state index contributed by atoms with van der Waals surface area (Å²) in [7, 11) is 3.65. The largest absolute Gasteiger partial charge is 0.403 e. The molecule has 0 aromatic heterocycles. The highest BCUT2D eigenvalue weighted by Crippen LogP contribution is 2.12. The van der Waals surface area contributed by atoms with E-state index in [-0.39, 0.29) is 0 Å². The molecular formula is C14H14N2O2. The van der Waals surface area contributed by atoms with Crippen LogP contribution in [0.2, 0.25) is 0 Å². The molecule has 4 nitrogen and oxygen atoms in total. The average molecular weight is 242 g/mol. The third kappa shape index (κ3) is 3.07. The fraction of sp³-hybridized carbons (Fsp3) is 0.143. The van der Waals surface area contributed by atoms with Gasteiger partial charge in [0.15, 0.2) is 5.70 Å². The van der Waals surface area contributed by atoms with Crippen molar-refractivity contribution < 1.29 is 9.53 Å². The van der Waals surface area contributed by atoms with E-state index in [1.54, 1.807) is 17.2 Å². The van der Waals surface area contributed by atoms with Crippen LogP contribution < -0.4 is 0 Å². The molecule has 0 bridgehead atoms. The number of ether oxygens (including phenoxy) is 1. The van der Waals surface area contributed by atoms with E-state index < -0.39 is 5.97 Å². The monoisotopic (exact) mass is 242 g/mol. The van der Waals surface area contributed by atoms with Crippen LogP contribution in [0.25, 0.3) is 6.08 Å². The zero-order valence-electron chi connectivity index (χ0n) is 10.3. The quantitative estimate of drug-likeness (QED) is 0.602. The van der Waals surface area contributed by atoms with Crippen LogP contribution in [0.1, 0.15) is 5.56 Å². The van der Waals surface area contributed by atoms with Gasteiger partial charge in [0.25, 0.3) is 0 Å². The first-order chi connectivity index (χ1) is 8.65. The highest BCUT2D eigenvalue weighted by Gasteiger charge is 2.21. The average Bonchev–Trinajstić information content (AvgIpc) is 2.68. The predicted molar refractivity (Wildman–Crippen MR) is 70.8 cm³/mol. The Labute approximate surface area is 106 Å². The van der Waals surface area contributed by atoms with E-state index in [1.807, 2.05) is 50.5 Å². The lowest BCUT2D eigenvalue weighted by Gasteiger charge is -2.02. The number of carbonyl (C=O) groups excluding carboxylic acids is 1. The number of hydrogen-bond donors (Lipinski definition) is 0. The Balaban J connectivity index is 2.12. The Bertz CT molecular complexity index is 528. The zero-order valence-corrected chi connectivity index (χ0v) is 10.3. The molecular weight excluding hydrogens is 228 g/mol. The van der Waals surface area contributed by atoms with E-state index in [4.69, 9.17) is 4.74 Å². The second-order valence-electron chi connectivity index (χ2n) is 4.06. The van der Waals surface area contributed by atoms with Crippen molar-refractivity contribution in [2.24, 2.45) is 4.99 Å². The lowest BCUT2D eigenvalue weighted by molar-refractivity contribution is -0.130. The van der Waals surface area contributed by atoms with Gasteiger partial charge in [-0.3, -0.25) is 0 Å². The van der Waals surface area contributed by atoms with Gasteiger partial charge in [-0.15, -0.1) is 0 Å². The Morgan fingerprint density at radius 3 is 2.56 bits per heavy atom. The number of esters is 1. The number of cyclic esters (lactones) is 1. The van der Waals surface area contributed by atoms with Gasteiger partial charge >= 0.3 is 5.97 Å². The van der Waals surface area contributed by atoms with E-state index in [0.717, 1.165) is 5.56 Å². The summed E-state index contributed by atoms with van der Waals surface area (Å²) in [5.74, 6) is -0.103. The van der Waals surface area contributed by atoms with Crippen molar-refractivity contribution in [3.63, 3.8) is 0 Å². The van der Waals surface area contributed by atoms with Crippen LogP contribution >= 0.6 is 0 Å². The third-order valence-electron chi connectivity index (χ3n) is 2.24. The molecule has 1 heterocycles. The molecule has 1 aliphatic rings. The van der Waals surface area contributed by atoms with Gasteiger partial charge in [-0.1, -0.05) is 30.3 Å². The lowest BCUT2D eigenvalue weighted by atomic mass is 10.2. The van der Waals surface area contributed by atoms with Crippen molar-refractivity contribution in [1.29, 1.82) is 0 Å². The van der Waals surface area contributed by atoms with Crippen LogP contribution in [0.4, 0.5) is 0 Å². The van der Waals surface area contributed by atoms with Gasteiger partial charge in [0.05, 0.1) is 0 Å². The van der Waals surface area contributed by atoms with E-state index in [2.05, 4.69) is 4.99 Å². The molecule has 18 heavy (non-hydrogen) atoms. The number of hydrogen-bond acceptors (Lipinski definition) is 4. The second kappa shape index (κ2) is 5.31. The van der Waals surface area contributed by atoms with Gasteiger partial charge in [-0.2, -0.15) is 0 Å². The van der Waals surface area contributed by atoms with Gasteiger partial charge in [0.1, 0.15) is 0 Å². The van der Waals surface area contributed by atoms with Gasteiger partial charge < -0.3 is 9.64 Å². The molecule has 1 aromatic rings. The summed E-state index contributed by atoms with van der Waals surface area (Å²) in [5, 5.41) is 0. The van der Waals surface area contributed by atoms with Crippen molar-refractivity contribution in [2.45, 2.75) is 0 Å². The van der Waals surface area contributed by atoms with E-state index in [1.165, 1.54) is 0 Å². The fourth-order valence-corrected chi connectivity index (χ4v) is 1.46. The summed E-state index contributed by atoms with van der Waals surface area (Å²) in [6, 6.07) is 9.76. The predicted octanol–water partition coefficient (Wildman–Crippen LogP) is 2.06. The van der Waals surface area contributed by atoms with Crippen molar-refractivity contribution in [2.75, 3.05) is 14.1 Å². The SMILES string of the molecule is CN(C)/C=C1N=C(/C=C/c2ccccc2)OC\1=O. The van der Waals surface area contributed by atoms with Crippen molar-refractivity contribution in [3.8, 4) is 0 Å². The molecule has 1 aliphatic heterocycles. The van der Waals surface area contributed by atoms with E-state index in [9.17, 15) is 4.79 Å². The molecule has 1 aromatic carbocycles. The first-order valence-corrected chi connectivity index (χ1v) is 5.57. The van der Waals surface area contributed by atoms with Crippen LogP contribution in [-0.2, 0) is 9.53 Å². The molecule has 2 rings (SSSR count). The normalized spacial score (nSPS) is 17.1. The Morgan fingerprint density at radius 1 is 1.17 bits per heavy atom. The molecule has 4 heteroatoms. The molecule has 0 aliphatic carbocycles. The standard InChI is InChI=1S/C14H14N2O2/c1-16(2)10-12-14(17)18-13(15-12)9-8-11-6-4-3-5-7-11/h3-10H,1-2H3/b9-8+,12-10-. The fourth-order valence-electron chi connectivity index (χ4n) is 1.46. The van der Waals surface area contributed by atoms with Crippen molar-refractivity contribution >= 4 is 17.9 Å². The van der Waals surface area contributed by atoms with E-state index in [0.29, 0.717) is 11.6 Å². The van der Waals surface area contributed by atoms with Crippen LogP contribution in [0.15, 0.2) is 53.3 Å². The summed E-state index contributed by atoms with van der Waals surface area (Å²) in [4.78, 5) is 17.3. The van der Waals surface area contributed by atoms with Crippen molar-refractivity contribution in [1.82, 2.24) is 4.90 Å². The molecule has 0 unspecified atom stereocenters. The van der Waals surface area contributed by atoms with Gasteiger partial charge in [0.2, 0.25) is 5.90 Å². The smallest absolute Gasteiger partial charge is 0.365 e. The lowest BCUT2D eigenvalue weighted by Crippen LogP contribution is -2.06. The number of aliphatic imine (C=N–C) groups is 1. The number of benzene rings is 1. The second-order valence-corrected chi connectivity index (χ2v) is 4.06. The molecule has 0 amide bonds. The maximum atomic E-state index is 11.5. The maximum Gasteiger partial charge on any atom is 0.365 e. The van der Waals surface area contributed by atoms with Gasteiger partial charge in [-0.25, -0.2) is 9.79 Å². The molecule has 0 fully saturated rings. The summed E-state index contributed by atoms with van der Waals surface area (Å²) >= 11 is 0. The Morgan fingerprint density at radius 2 is 1.89 bits per heavy atom. The van der Waals surface area contributed by atoms with Gasteiger partial charge in [-0.05, 0) is 11.6 Å². The number of carbonyl (C=O) groups is 1. The first kappa shape index (κ1) is 12.1. The topological polar surface area (TPSA) is 41.9 Å². The summed E-state index contributed by atoms with van der Waals surface area (Å²) in [6.07, 6.45) is 5.17. The highest BCUT2D eigenvalue weighted by atomic mass is 16.6. The molecule has 0 spiro atoms. The van der Waals surface area contributed by atoms with Crippen LogP contribution in [0.3, 0.4) is 0 Å². The molecule has 0 atom stereocenters. The minimum Gasteiger partial charge on any atom is -0.403 e. The van der Waals surface area contributed by atoms with Gasteiger partial charge in [0, 0.05) is 26.4 Å². The maximum absolute atomic E-state index is 11.5. The summed E-state index contributed by atoms with van der Waals surface area (Å²) < 4.78 is 5.03.